The maximum atomic E-state index is 12.6. The minimum absolute atomic E-state index is 0.158. The van der Waals surface area contributed by atoms with Gasteiger partial charge in [-0.3, -0.25) is 4.79 Å². The standard InChI is InChI=1S/C25H20N2O3/c26-16-18-6-8-20(9-7-18)21-10-12-23(13-11-21)30-25(29)22-4-1-3-19(15-22)17-27-14-2-5-24(27)28/h1,3-4,6-13,15H,2,5,14,17H2. The van der Waals surface area contributed by atoms with Crippen molar-refractivity contribution in [3.8, 4) is 22.9 Å². The Labute approximate surface area is 175 Å². The van der Waals surface area contributed by atoms with Crippen LogP contribution in [0.2, 0.25) is 0 Å². The van der Waals surface area contributed by atoms with Crippen LogP contribution in [0.1, 0.15) is 34.3 Å². The van der Waals surface area contributed by atoms with E-state index in [1.807, 2.05) is 35.2 Å². The van der Waals surface area contributed by atoms with E-state index < -0.39 is 5.97 Å². The molecule has 0 radical (unpaired) electrons. The number of hydrogen-bond acceptors (Lipinski definition) is 4. The summed E-state index contributed by atoms with van der Waals surface area (Å²) < 4.78 is 5.51. The maximum absolute atomic E-state index is 12.6. The molecule has 3 aromatic rings. The Bertz CT molecular complexity index is 1110. The van der Waals surface area contributed by atoms with E-state index in [1.54, 1.807) is 42.5 Å². The van der Waals surface area contributed by atoms with Gasteiger partial charge in [0.1, 0.15) is 5.75 Å². The summed E-state index contributed by atoms with van der Waals surface area (Å²) in [5, 5.41) is 8.90. The lowest BCUT2D eigenvalue weighted by atomic mass is 10.0. The molecule has 0 unspecified atom stereocenters. The molecule has 0 N–H and O–H groups in total. The molecular weight excluding hydrogens is 376 g/mol. The van der Waals surface area contributed by atoms with Crippen LogP contribution in [0.4, 0.5) is 0 Å². The summed E-state index contributed by atoms with van der Waals surface area (Å²) in [6, 6.07) is 23.9. The molecule has 1 aliphatic heterocycles. The highest BCUT2D eigenvalue weighted by Crippen LogP contribution is 2.23. The summed E-state index contributed by atoms with van der Waals surface area (Å²) in [6.45, 7) is 1.28. The van der Waals surface area contributed by atoms with Crippen LogP contribution >= 0.6 is 0 Å². The molecule has 148 valence electrons. The summed E-state index contributed by atoms with van der Waals surface area (Å²) in [6.07, 6.45) is 1.49. The predicted molar refractivity (Wildman–Crippen MR) is 113 cm³/mol. The van der Waals surface area contributed by atoms with Crippen molar-refractivity contribution in [1.82, 2.24) is 4.90 Å². The first kappa shape index (κ1) is 19.4. The second-order valence-corrected chi connectivity index (χ2v) is 7.22. The number of hydrogen-bond donors (Lipinski definition) is 0. The summed E-state index contributed by atoms with van der Waals surface area (Å²) >= 11 is 0. The number of carbonyl (C=O) groups is 2. The zero-order valence-corrected chi connectivity index (χ0v) is 16.4. The van der Waals surface area contributed by atoms with Gasteiger partial charge in [0.2, 0.25) is 5.91 Å². The van der Waals surface area contributed by atoms with E-state index in [0.29, 0.717) is 29.8 Å². The third-order valence-electron chi connectivity index (χ3n) is 5.12. The zero-order valence-electron chi connectivity index (χ0n) is 16.4. The van der Waals surface area contributed by atoms with E-state index in [9.17, 15) is 9.59 Å². The SMILES string of the molecule is N#Cc1ccc(-c2ccc(OC(=O)c3cccc(CN4CCCC4=O)c3)cc2)cc1. The van der Waals surface area contributed by atoms with Crippen LogP contribution in [0.25, 0.3) is 11.1 Å². The Balaban J connectivity index is 1.42. The van der Waals surface area contributed by atoms with Crippen LogP contribution in [-0.4, -0.2) is 23.3 Å². The first-order chi connectivity index (χ1) is 14.6. The second-order valence-electron chi connectivity index (χ2n) is 7.22. The van der Waals surface area contributed by atoms with Crippen LogP contribution in [-0.2, 0) is 11.3 Å². The molecular formula is C25H20N2O3. The molecule has 0 aromatic heterocycles. The first-order valence-electron chi connectivity index (χ1n) is 9.82. The molecule has 5 heteroatoms. The van der Waals surface area contributed by atoms with Gasteiger partial charge in [0.15, 0.2) is 0 Å². The minimum atomic E-state index is -0.435. The first-order valence-corrected chi connectivity index (χ1v) is 9.82. The van der Waals surface area contributed by atoms with Crippen molar-refractivity contribution in [2.45, 2.75) is 19.4 Å². The number of likely N-dealkylation sites (tertiary alicyclic amines) is 1. The van der Waals surface area contributed by atoms with Gasteiger partial charge in [-0.2, -0.15) is 5.26 Å². The molecule has 1 aliphatic rings. The van der Waals surface area contributed by atoms with Crippen LogP contribution < -0.4 is 4.74 Å². The smallest absolute Gasteiger partial charge is 0.343 e. The summed E-state index contributed by atoms with van der Waals surface area (Å²) in [7, 11) is 0. The Morgan fingerprint density at radius 1 is 1.00 bits per heavy atom. The second kappa shape index (κ2) is 8.62. The summed E-state index contributed by atoms with van der Waals surface area (Å²) in [5.74, 6) is 0.179. The number of nitrogens with zero attached hydrogens (tertiary/aromatic N) is 2. The van der Waals surface area contributed by atoms with E-state index in [1.165, 1.54) is 0 Å². The fourth-order valence-electron chi connectivity index (χ4n) is 3.51. The lowest BCUT2D eigenvalue weighted by Gasteiger charge is -2.15. The zero-order chi connectivity index (χ0) is 20.9. The molecule has 1 amide bonds. The van der Waals surface area contributed by atoms with Gasteiger partial charge in [-0.25, -0.2) is 4.79 Å². The van der Waals surface area contributed by atoms with Crippen molar-refractivity contribution >= 4 is 11.9 Å². The lowest BCUT2D eigenvalue weighted by molar-refractivity contribution is -0.128. The van der Waals surface area contributed by atoms with E-state index in [0.717, 1.165) is 29.7 Å². The number of carbonyl (C=O) groups excluding carboxylic acids is 2. The van der Waals surface area contributed by atoms with Crippen molar-refractivity contribution in [2.75, 3.05) is 6.54 Å². The molecule has 1 heterocycles. The van der Waals surface area contributed by atoms with Crippen molar-refractivity contribution < 1.29 is 14.3 Å². The van der Waals surface area contributed by atoms with Crippen LogP contribution in [0.3, 0.4) is 0 Å². The normalized spacial score (nSPS) is 13.2. The van der Waals surface area contributed by atoms with E-state index in [-0.39, 0.29) is 5.91 Å². The van der Waals surface area contributed by atoms with Gasteiger partial charge in [0, 0.05) is 19.5 Å². The molecule has 0 saturated carbocycles. The van der Waals surface area contributed by atoms with Crippen LogP contribution in [0.5, 0.6) is 5.75 Å². The third-order valence-corrected chi connectivity index (χ3v) is 5.12. The highest BCUT2D eigenvalue weighted by molar-refractivity contribution is 5.91. The molecule has 0 aliphatic carbocycles. The molecule has 5 nitrogen and oxygen atoms in total. The van der Waals surface area contributed by atoms with Gasteiger partial charge >= 0.3 is 5.97 Å². The predicted octanol–water partition coefficient (Wildman–Crippen LogP) is 4.57. The molecule has 3 aromatic carbocycles. The summed E-state index contributed by atoms with van der Waals surface area (Å²) in [5.41, 5.74) is 3.93. The number of nitriles is 1. The van der Waals surface area contributed by atoms with Gasteiger partial charge < -0.3 is 9.64 Å². The number of amides is 1. The monoisotopic (exact) mass is 396 g/mol. The molecule has 1 saturated heterocycles. The molecule has 30 heavy (non-hydrogen) atoms. The number of esters is 1. The van der Waals surface area contributed by atoms with Gasteiger partial charge in [-0.1, -0.05) is 36.4 Å². The third kappa shape index (κ3) is 4.39. The maximum Gasteiger partial charge on any atom is 0.343 e. The van der Waals surface area contributed by atoms with Crippen molar-refractivity contribution in [3.63, 3.8) is 0 Å². The van der Waals surface area contributed by atoms with Crippen molar-refractivity contribution in [1.29, 1.82) is 5.26 Å². The number of rotatable bonds is 5. The van der Waals surface area contributed by atoms with Gasteiger partial charge in [-0.15, -0.1) is 0 Å². The van der Waals surface area contributed by atoms with Gasteiger partial charge in [0.05, 0.1) is 17.2 Å². The fourth-order valence-corrected chi connectivity index (χ4v) is 3.51. The van der Waals surface area contributed by atoms with E-state index >= 15 is 0 Å². The fraction of sp³-hybridized carbons (Fsp3) is 0.160. The van der Waals surface area contributed by atoms with Crippen molar-refractivity contribution in [3.05, 3.63) is 89.5 Å². The Hall–Kier alpha value is -3.91. The molecule has 4 rings (SSSR count). The molecule has 0 bridgehead atoms. The van der Waals surface area contributed by atoms with E-state index in [4.69, 9.17) is 10.00 Å². The Morgan fingerprint density at radius 2 is 1.70 bits per heavy atom. The van der Waals surface area contributed by atoms with Gasteiger partial charge in [-0.05, 0) is 59.5 Å². The number of benzene rings is 3. The van der Waals surface area contributed by atoms with E-state index in [2.05, 4.69) is 6.07 Å². The lowest BCUT2D eigenvalue weighted by Crippen LogP contribution is -2.24. The average Bonchev–Trinajstić information content (AvgIpc) is 3.19. The van der Waals surface area contributed by atoms with Gasteiger partial charge in [0.25, 0.3) is 0 Å². The molecule has 0 spiro atoms. The Morgan fingerprint density at radius 3 is 2.33 bits per heavy atom. The Kier molecular flexibility index (Phi) is 5.58. The largest absolute Gasteiger partial charge is 0.423 e. The summed E-state index contributed by atoms with van der Waals surface area (Å²) in [4.78, 5) is 26.2. The van der Waals surface area contributed by atoms with Crippen LogP contribution in [0, 0.1) is 11.3 Å². The minimum Gasteiger partial charge on any atom is -0.423 e. The topological polar surface area (TPSA) is 70.4 Å². The average molecular weight is 396 g/mol. The molecule has 1 fully saturated rings. The highest BCUT2D eigenvalue weighted by Gasteiger charge is 2.20. The molecule has 0 atom stereocenters. The quantitative estimate of drug-likeness (QED) is 0.468. The highest BCUT2D eigenvalue weighted by atomic mass is 16.5. The van der Waals surface area contributed by atoms with Crippen molar-refractivity contribution in [2.24, 2.45) is 0 Å². The number of ether oxygens (including phenoxy) is 1. The van der Waals surface area contributed by atoms with Crippen LogP contribution in [0.15, 0.2) is 72.8 Å².